The summed E-state index contributed by atoms with van der Waals surface area (Å²) in [5.74, 6) is 0. The van der Waals surface area contributed by atoms with E-state index in [1.165, 1.54) is 148 Å². The Hall–Kier alpha value is -7.01. The number of nitrogens with zero attached hydrogens (tertiary/aromatic N) is 2. The molecule has 7 heteroatoms. The molecular weight excluding hydrogens is 1000 g/mol. The Morgan fingerprint density at radius 3 is 1.50 bits per heavy atom. The average molecular weight is 1070 g/mol. The molecule has 0 atom stereocenters. The SMILES string of the molecule is C[Si](C)(C)c1ccc2c(c1)c1cc([Si](C)(C)C)cc3c1n2-c1c(-c2cccc4cc(-c5ccccc5)ccc24)cc2c4c1B3c1cc([Si](C)(C)C)cc3c5cc([Si](C)(C)C)cc(c5n-4c13)C21c2ccccc2-c2ccccc21. The zero-order valence-corrected chi connectivity index (χ0v) is 51.2. The lowest BCUT2D eigenvalue weighted by atomic mass is 9.33. The fourth-order valence-electron chi connectivity index (χ4n) is 15.1. The van der Waals surface area contributed by atoms with Crippen molar-refractivity contribution in [2.75, 3.05) is 0 Å². The molecule has 78 heavy (non-hydrogen) atoms. The van der Waals surface area contributed by atoms with E-state index in [1.54, 1.807) is 10.4 Å². The van der Waals surface area contributed by atoms with Gasteiger partial charge in [-0.1, -0.05) is 257 Å². The molecule has 378 valence electrons. The number of hydrogen-bond donors (Lipinski definition) is 0. The van der Waals surface area contributed by atoms with Crippen LogP contribution in [0.15, 0.2) is 176 Å². The highest BCUT2D eigenvalue weighted by molar-refractivity contribution is 7.02. The molecule has 12 aromatic rings. The Bertz CT molecular complexity index is 4680. The zero-order chi connectivity index (χ0) is 53.5. The van der Waals surface area contributed by atoms with Crippen LogP contribution in [0.2, 0.25) is 78.6 Å². The van der Waals surface area contributed by atoms with Gasteiger partial charge in [-0.05, 0) is 95.4 Å². The quantitative estimate of drug-likeness (QED) is 0.147. The van der Waals surface area contributed by atoms with Gasteiger partial charge in [0.1, 0.15) is 0 Å². The minimum atomic E-state index is -1.92. The molecule has 0 amide bonds. The van der Waals surface area contributed by atoms with E-state index in [-0.39, 0.29) is 6.71 Å². The molecule has 0 N–H and O–H groups in total. The fourth-order valence-corrected chi connectivity index (χ4v) is 19.8. The van der Waals surface area contributed by atoms with E-state index in [9.17, 15) is 0 Å². The summed E-state index contributed by atoms with van der Waals surface area (Å²) in [4.78, 5) is 0. The number of fused-ring (bicyclic) bond motifs is 15. The van der Waals surface area contributed by atoms with Crippen molar-refractivity contribution in [1.82, 2.24) is 9.13 Å². The predicted octanol–water partition coefficient (Wildman–Crippen LogP) is 14.4. The Kier molecular flexibility index (Phi) is 9.17. The third-order valence-electron chi connectivity index (χ3n) is 19.0. The Morgan fingerprint density at radius 1 is 0.333 bits per heavy atom. The summed E-state index contributed by atoms with van der Waals surface area (Å²) in [7, 11) is -7.41. The summed E-state index contributed by atoms with van der Waals surface area (Å²) < 4.78 is 5.66. The van der Waals surface area contributed by atoms with Gasteiger partial charge >= 0.3 is 0 Å². The minimum Gasteiger partial charge on any atom is -0.310 e. The van der Waals surface area contributed by atoms with Crippen molar-refractivity contribution in [3.8, 4) is 44.8 Å². The largest absolute Gasteiger partial charge is 0.310 e. The van der Waals surface area contributed by atoms with E-state index in [0.717, 1.165) is 0 Å². The van der Waals surface area contributed by atoms with E-state index in [1.807, 2.05) is 0 Å². The normalized spacial score (nSPS) is 14.7. The molecule has 2 aromatic heterocycles. The highest BCUT2D eigenvalue weighted by Gasteiger charge is 2.55. The second kappa shape index (κ2) is 15.2. The maximum atomic E-state index is 2.86. The van der Waals surface area contributed by atoms with Crippen molar-refractivity contribution in [2.24, 2.45) is 0 Å². The van der Waals surface area contributed by atoms with Crippen molar-refractivity contribution in [1.29, 1.82) is 0 Å². The highest BCUT2D eigenvalue weighted by Crippen LogP contribution is 2.62. The molecule has 0 saturated carbocycles. The van der Waals surface area contributed by atoms with Crippen LogP contribution in [0.1, 0.15) is 22.3 Å². The molecule has 10 aromatic carbocycles. The van der Waals surface area contributed by atoms with E-state index >= 15 is 0 Å². The summed E-state index contributed by atoms with van der Waals surface area (Å²) >= 11 is 0. The lowest BCUT2D eigenvalue weighted by Gasteiger charge is -2.45. The summed E-state index contributed by atoms with van der Waals surface area (Å²) in [5.41, 5.74) is 25.6. The van der Waals surface area contributed by atoms with Crippen LogP contribution in [-0.2, 0) is 5.41 Å². The molecule has 5 heterocycles. The molecule has 0 saturated heterocycles. The first kappa shape index (κ1) is 47.0. The lowest BCUT2D eigenvalue weighted by Crippen LogP contribution is -2.62. The summed E-state index contributed by atoms with van der Waals surface area (Å²) in [6.45, 7) is 30.6. The minimum absolute atomic E-state index is 0.00185. The molecule has 0 unspecified atom stereocenters. The van der Waals surface area contributed by atoms with E-state index in [4.69, 9.17) is 0 Å². The lowest BCUT2D eigenvalue weighted by molar-refractivity contribution is 0.750. The molecule has 16 rings (SSSR count). The van der Waals surface area contributed by atoms with Crippen molar-refractivity contribution in [3.05, 3.63) is 198 Å². The summed E-state index contributed by atoms with van der Waals surface area (Å²) in [6, 6.07) is 70.9. The van der Waals surface area contributed by atoms with E-state index in [0.29, 0.717) is 0 Å². The number of benzene rings is 10. The summed E-state index contributed by atoms with van der Waals surface area (Å²) in [5, 5.41) is 14.4. The van der Waals surface area contributed by atoms with Crippen LogP contribution in [0.3, 0.4) is 0 Å². The average Bonchev–Trinajstić information content (AvgIpc) is 2.07. The Balaban J connectivity index is 1.19. The van der Waals surface area contributed by atoms with E-state index < -0.39 is 37.7 Å². The van der Waals surface area contributed by atoms with Crippen molar-refractivity contribution < 1.29 is 0 Å². The van der Waals surface area contributed by atoms with Gasteiger partial charge in [0.25, 0.3) is 6.71 Å². The number of hydrogen-bond acceptors (Lipinski definition) is 0. The Labute approximate surface area is 463 Å². The van der Waals surface area contributed by atoms with Crippen LogP contribution >= 0.6 is 0 Å². The number of aromatic nitrogens is 2. The van der Waals surface area contributed by atoms with Gasteiger partial charge in [0.15, 0.2) is 0 Å². The van der Waals surface area contributed by atoms with Gasteiger partial charge in [0, 0.05) is 43.8 Å². The second-order valence-corrected chi connectivity index (χ2v) is 48.0. The van der Waals surface area contributed by atoms with Crippen molar-refractivity contribution >= 4 is 131 Å². The second-order valence-electron chi connectivity index (χ2n) is 27.7. The first-order valence-corrected chi connectivity index (χ1v) is 42.5. The third-order valence-corrected chi connectivity index (χ3v) is 27.2. The molecule has 1 aliphatic carbocycles. The van der Waals surface area contributed by atoms with Gasteiger partial charge in [-0.25, -0.2) is 0 Å². The maximum absolute atomic E-state index is 2.86. The van der Waals surface area contributed by atoms with Gasteiger partial charge < -0.3 is 9.13 Å². The van der Waals surface area contributed by atoms with Crippen LogP contribution < -0.4 is 37.1 Å². The predicted molar refractivity (Wildman–Crippen MR) is 351 cm³/mol. The van der Waals surface area contributed by atoms with Crippen LogP contribution in [0.4, 0.5) is 0 Å². The van der Waals surface area contributed by atoms with Gasteiger partial charge in [-0.2, -0.15) is 0 Å². The molecule has 4 aliphatic rings. The fraction of sp³-hybridized carbons (Fsp3) is 0.183. The topological polar surface area (TPSA) is 9.86 Å². The molecule has 0 bridgehead atoms. The molecule has 0 fully saturated rings. The van der Waals surface area contributed by atoms with Crippen LogP contribution in [-0.4, -0.2) is 48.1 Å². The molecule has 2 nitrogen and oxygen atoms in total. The van der Waals surface area contributed by atoms with Crippen molar-refractivity contribution in [3.63, 3.8) is 0 Å². The Morgan fingerprint density at radius 2 is 0.872 bits per heavy atom. The van der Waals surface area contributed by atoms with E-state index in [2.05, 4.69) is 264 Å². The number of rotatable bonds is 6. The van der Waals surface area contributed by atoms with Gasteiger partial charge in [0.05, 0.1) is 54.4 Å². The van der Waals surface area contributed by atoms with Crippen LogP contribution in [0.25, 0.3) is 99.1 Å². The maximum Gasteiger partial charge on any atom is 0.252 e. The third kappa shape index (κ3) is 5.98. The summed E-state index contributed by atoms with van der Waals surface area (Å²) in [6.07, 6.45) is 0. The van der Waals surface area contributed by atoms with Gasteiger partial charge in [-0.3, -0.25) is 0 Å². The van der Waals surface area contributed by atoms with Gasteiger partial charge in [0.2, 0.25) is 0 Å². The van der Waals surface area contributed by atoms with Crippen LogP contribution in [0.5, 0.6) is 0 Å². The molecule has 3 aliphatic heterocycles. The van der Waals surface area contributed by atoms with Crippen LogP contribution in [0, 0.1) is 0 Å². The monoisotopic (exact) mass is 1070 g/mol. The highest BCUT2D eigenvalue weighted by atomic mass is 28.3. The standard InChI is InChI=1S/C71H65BN2Si4/c1-75(2,3)45-30-32-64-53(34-45)54-36-47(77(7,8)9)39-62-67(54)73(64)69-57(50-26-20-23-44-33-43(29-31-49(44)50)42-21-14-13-15-22-42)41-61-70-65(69)72(62)63-40-48(78(10,11)12)37-56-55-35-46(76(4,5)6)38-60(66(55)74(70)68(56)63)71(61)58-27-18-16-24-51(58)52-25-17-19-28-59(52)71/h13-41H,1-12H3. The van der Waals surface area contributed by atoms with Crippen molar-refractivity contribution in [2.45, 2.75) is 84.0 Å². The molecule has 1 spiro atoms. The smallest absolute Gasteiger partial charge is 0.252 e. The first-order chi connectivity index (χ1) is 37.2. The zero-order valence-electron chi connectivity index (χ0n) is 47.2. The molecular formula is C71H65BN2Si4. The van der Waals surface area contributed by atoms with Gasteiger partial charge in [-0.15, -0.1) is 0 Å². The first-order valence-electron chi connectivity index (χ1n) is 28.5. The molecule has 0 radical (unpaired) electrons.